The van der Waals surface area contributed by atoms with E-state index in [1.54, 1.807) is 0 Å². The molecule has 2 heterocycles. The van der Waals surface area contributed by atoms with Crippen molar-refractivity contribution in [3.63, 3.8) is 0 Å². The molecule has 17 heavy (non-hydrogen) atoms. The van der Waals surface area contributed by atoms with E-state index in [-0.39, 0.29) is 11.3 Å². The Morgan fingerprint density at radius 3 is 2.94 bits per heavy atom. The van der Waals surface area contributed by atoms with Crippen molar-refractivity contribution < 1.29 is 0 Å². The van der Waals surface area contributed by atoms with E-state index in [1.165, 1.54) is 17.8 Å². The lowest BCUT2D eigenvalue weighted by molar-refractivity contribution is 0.454. The van der Waals surface area contributed by atoms with Gasteiger partial charge in [0, 0.05) is 19.8 Å². The third kappa shape index (κ3) is 2.15. The molecule has 1 fully saturated rings. The summed E-state index contributed by atoms with van der Waals surface area (Å²) in [5, 5.41) is 12.0. The van der Waals surface area contributed by atoms with Gasteiger partial charge in [0.2, 0.25) is 0 Å². The van der Waals surface area contributed by atoms with Crippen LogP contribution in [0.15, 0.2) is 15.8 Å². The van der Waals surface area contributed by atoms with E-state index in [9.17, 15) is 9.59 Å². The summed E-state index contributed by atoms with van der Waals surface area (Å²) in [6, 6.07) is 1.82. The first kappa shape index (κ1) is 11.6. The Balaban J connectivity index is 2.40. The van der Waals surface area contributed by atoms with Crippen LogP contribution in [0.2, 0.25) is 0 Å². The number of nitrogens with one attached hydrogen (secondary N) is 1. The summed E-state index contributed by atoms with van der Waals surface area (Å²) < 4.78 is 2.44. The number of nitrogens with zero attached hydrogens (tertiary/aromatic N) is 3. The second kappa shape index (κ2) is 4.55. The number of nitriles is 1. The van der Waals surface area contributed by atoms with Gasteiger partial charge in [-0.05, 0) is 25.4 Å². The van der Waals surface area contributed by atoms with Crippen molar-refractivity contribution in [3.8, 4) is 6.07 Å². The third-order valence-corrected chi connectivity index (χ3v) is 3.09. The summed E-state index contributed by atoms with van der Waals surface area (Å²) in [4.78, 5) is 23.4. The first-order valence-corrected chi connectivity index (χ1v) is 5.54. The van der Waals surface area contributed by atoms with Crippen molar-refractivity contribution >= 4 is 0 Å². The number of aromatic nitrogens is 2. The molecule has 0 aromatic carbocycles. The van der Waals surface area contributed by atoms with E-state index in [2.05, 4.69) is 5.32 Å². The third-order valence-electron chi connectivity index (χ3n) is 3.09. The van der Waals surface area contributed by atoms with Crippen LogP contribution in [0.1, 0.15) is 12.0 Å². The zero-order valence-electron chi connectivity index (χ0n) is 9.64. The SMILES string of the molecule is Cn1c(=O)c(C#N)cn(CC2CCNC2)c1=O. The predicted octanol–water partition coefficient (Wildman–Crippen LogP) is -0.972. The molecule has 6 heteroatoms. The molecular weight excluding hydrogens is 220 g/mol. The van der Waals surface area contributed by atoms with Gasteiger partial charge in [-0.1, -0.05) is 0 Å². The highest BCUT2D eigenvalue weighted by molar-refractivity contribution is 5.22. The lowest BCUT2D eigenvalue weighted by atomic mass is 10.1. The maximum Gasteiger partial charge on any atom is 0.330 e. The van der Waals surface area contributed by atoms with E-state index in [0.29, 0.717) is 12.5 Å². The van der Waals surface area contributed by atoms with Gasteiger partial charge < -0.3 is 5.32 Å². The number of rotatable bonds is 2. The summed E-state index contributed by atoms with van der Waals surface area (Å²) in [5.41, 5.74) is -0.878. The molecule has 1 N–H and O–H groups in total. The summed E-state index contributed by atoms with van der Waals surface area (Å²) in [6.45, 7) is 2.38. The minimum Gasteiger partial charge on any atom is -0.316 e. The van der Waals surface area contributed by atoms with Gasteiger partial charge in [0.25, 0.3) is 5.56 Å². The first-order chi connectivity index (χ1) is 8.13. The molecule has 0 spiro atoms. The smallest absolute Gasteiger partial charge is 0.316 e. The molecule has 1 aliphatic rings. The summed E-state index contributed by atoms with van der Waals surface area (Å²) in [7, 11) is 1.40. The summed E-state index contributed by atoms with van der Waals surface area (Å²) in [6.07, 6.45) is 2.38. The molecule has 0 saturated carbocycles. The normalized spacial score (nSPS) is 19.2. The number of hydrogen-bond donors (Lipinski definition) is 1. The summed E-state index contributed by atoms with van der Waals surface area (Å²) >= 11 is 0. The largest absolute Gasteiger partial charge is 0.330 e. The molecule has 0 radical (unpaired) electrons. The highest BCUT2D eigenvalue weighted by Gasteiger charge is 2.17. The molecule has 0 amide bonds. The van der Waals surface area contributed by atoms with E-state index in [0.717, 1.165) is 24.1 Å². The molecule has 1 aromatic heterocycles. The highest BCUT2D eigenvalue weighted by Crippen LogP contribution is 2.08. The van der Waals surface area contributed by atoms with Crippen LogP contribution in [-0.2, 0) is 13.6 Å². The molecule has 90 valence electrons. The van der Waals surface area contributed by atoms with Gasteiger partial charge in [-0.2, -0.15) is 5.26 Å². The van der Waals surface area contributed by atoms with Gasteiger partial charge in [-0.25, -0.2) is 4.79 Å². The van der Waals surface area contributed by atoms with Gasteiger partial charge >= 0.3 is 5.69 Å². The van der Waals surface area contributed by atoms with Gasteiger partial charge in [0.05, 0.1) is 0 Å². The van der Waals surface area contributed by atoms with Crippen molar-refractivity contribution in [1.29, 1.82) is 5.26 Å². The Kier molecular flexibility index (Phi) is 3.11. The van der Waals surface area contributed by atoms with Crippen LogP contribution in [0.3, 0.4) is 0 Å². The molecule has 0 bridgehead atoms. The van der Waals surface area contributed by atoms with Gasteiger partial charge in [-0.3, -0.25) is 13.9 Å². The highest BCUT2D eigenvalue weighted by atomic mass is 16.2. The van der Waals surface area contributed by atoms with E-state index in [1.807, 2.05) is 6.07 Å². The predicted molar refractivity (Wildman–Crippen MR) is 61.6 cm³/mol. The standard InChI is InChI=1S/C11H14N4O2/c1-14-10(16)9(4-12)7-15(11(14)17)6-8-2-3-13-5-8/h7-8,13H,2-3,5-6H2,1H3. The second-order valence-electron chi connectivity index (χ2n) is 4.31. The number of hydrogen-bond acceptors (Lipinski definition) is 4. The molecule has 1 unspecified atom stereocenters. The minimum atomic E-state index is -0.529. The molecule has 2 rings (SSSR count). The maximum absolute atomic E-state index is 11.8. The molecule has 0 aliphatic carbocycles. The fourth-order valence-electron chi connectivity index (χ4n) is 2.08. The minimum absolute atomic E-state index is 0.0121. The zero-order chi connectivity index (χ0) is 12.4. The fraction of sp³-hybridized carbons (Fsp3) is 0.545. The van der Waals surface area contributed by atoms with Gasteiger partial charge in [-0.15, -0.1) is 0 Å². The Morgan fingerprint density at radius 2 is 2.35 bits per heavy atom. The van der Waals surface area contributed by atoms with Crippen molar-refractivity contribution in [3.05, 3.63) is 32.6 Å². The zero-order valence-corrected chi connectivity index (χ0v) is 9.64. The van der Waals surface area contributed by atoms with Gasteiger partial charge in [0.15, 0.2) is 0 Å². The monoisotopic (exact) mass is 234 g/mol. The van der Waals surface area contributed by atoms with Gasteiger partial charge in [0.1, 0.15) is 11.6 Å². The molecule has 6 nitrogen and oxygen atoms in total. The maximum atomic E-state index is 11.8. The van der Waals surface area contributed by atoms with Crippen LogP contribution in [0, 0.1) is 17.2 Å². The second-order valence-corrected chi connectivity index (χ2v) is 4.31. The Labute approximate surface area is 98.1 Å². The molecule has 1 atom stereocenters. The lowest BCUT2D eigenvalue weighted by Gasteiger charge is -2.12. The van der Waals surface area contributed by atoms with Crippen LogP contribution >= 0.6 is 0 Å². The average molecular weight is 234 g/mol. The fourth-order valence-corrected chi connectivity index (χ4v) is 2.08. The van der Waals surface area contributed by atoms with Crippen LogP contribution in [-0.4, -0.2) is 22.2 Å². The molecular formula is C11H14N4O2. The molecule has 1 saturated heterocycles. The van der Waals surface area contributed by atoms with Crippen molar-refractivity contribution in [1.82, 2.24) is 14.5 Å². The Morgan fingerprint density at radius 1 is 1.59 bits per heavy atom. The lowest BCUT2D eigenvalue weighted by Crippen LogP contribution is -2.40. The molecule has 1 aromatic rings. The average Bonchev–Trinajstić information content (AvgIpc) is 2.83. The topological polar surface area (TPSA) is 79.8 Å². The van der Waals surface area contributed by atoms with Crippen LogP contribution in [0.25, 0.3) is 0 Å². The van der Waals surface area contributed by atoms with E-state index < -0.39 is 5.56 Å². The van der Waals surface area contributed by atoms with E-state index >= 15 is 0 Å². The van der Waals surface area contributed by atoms with Crippen molar-refractivity contribution in [2.45, 2.75) is 13.0 Å². The van der Waals surface area contributed by atoms with Crippen LogP contribution < -0.4 is 16.6 Å². The van der Waals surface area contributed by atoms with E-state index in [4.69, 9.17) is 5.26 Å². The Bertz CT molecular complexity index is 573. The van der Waals surface area contributed by atoms with Crippen LogP contribution in [0.4, 0.5) is 0 Å². The molecule has 1 aliphatic heterocycles. The first-order valence-electron chi connectivity index (χ1n) is 5.54. The quantitative estimate of drug-likeness (QED) is 0.714. The Hall–Kier alpha value is -1.87. The summed E-state index contributed by atoms with van der Waals surface area (Å²) in [5.74, 6) is 0.386. The van der Waals surface area contributed by atoms with Crippen LogP contribution in [0.5, 0.6) is 0 Å². The van der Waals surface area contributed by atoms with Crippen molar-refractivity contribution in [2.75, 3.05) is 13.1 Å². The van der Waals surface area contributed by atoms with Crippen molar-refractivity contribution in [2.24, 2.45) is 13.0 Å².